The fourth-order valence-electron chi connectivity index (χ4n) is 2.08. The van der Waals surface area contributed by atoms with Crippen molar-refractivity contribution in [3.8, 4) is 11.4 Å². The summed E-state index contributed by atoms with van der Waals surface area (Å²) >= 11 is 1.09. The Balaban J connectivity index is 1.59. The number of amides is 1. The number of hydrogen-bond acceptors (Lipinski definition) is 4. The Morgan fingerprint density at radius 2 is 2.00 bits per heavy atom. The van der Waals surface area contributed by atoms with Gasteiger partial charge in [-0.25, -0.2) is 13.8 Å². The van der Waals surface area contributed by atoms with Gasteiger partial charge in [-0.3, -0.25) is 9.89 Å². The number of benzene rings is 2. The topological polar surface area (TPSA) is 70.7 Å². The molecule has 128 valence electrons. The average molecular weight is 360 g/mol. The number of carbonyl (C=O) groups excluding carboxylic acids is 1. The number of aromatic nitrogens is 3. The molecule has 0 saturated heterocycles. The predicted molar refractivity (Wildman–Crippen MR) is 92.3 cm³/mol. The minimum absolute atomic E-state index is 0.0457. The van der Waals surface area contributed by atoms with Crippen LogP contribution in [0.1, 0.15) is 5.56 Å². The summed E-state index contributed by atoms with van der Waals surface area (Å²) in [6.07, 6.45) is 0. The van der Waals surface area contributed by atoms with Gasteiger partial charge < -0.3 is 5.32 Å². The van der Waals surface area contributed by atoms with Crippen molar-refractivity contribution < 1.29 is 13.6 Å². The Kier molecular flexibility index (Phi) is 5.08. The number of nitrogens with one attached hydrogen (secondary N) is 2. The number of nitrogens with zero attached hydrogens (tertiary/aromatic N) is 2. The number of thioether (sulfide) groups is 1. The molecule has 0 aliphatic heterocycles. The van der Waals surface area contributed by atoms with Gasteiger partial charge in [0.25, 0.3) is 0 Å². The lowest BCUT2D eigenvalue weighted by Crippen LogP contribution is -2.14. The minimum atomic E-state index is -0.408. The molecule has 0 spiro atoms. The first-order valence-electron chi connectivity index (χ1n) is 7.39. The van der Waals surface area contributed by atoms with E-state index in [0.717, 1.165) is 11.8 Å². The normalized spacial score (nSPS) is 10.7. The van der Waals surface area contributed by atoms with Gasteiger partial charge >= 0.3 is 0 Å². The summed E-state index contributed by atoms with van der Waals surface area (Å²) in [5.74, 6) is -0.764. The third kappa shape index (κ3) is 4.21. The number of rotatable bonds is 5. The molecule has 1 amide bonds. The number of H-pyrrole nitrogens is 1. The van der Waals surface area contributed by atoms with E-state index < -0.39 is 5.82 Å². The molecule has 2 N–H and O–H groups in total. The molecule has 1 aromatic heterocycles. The first-order valence-corrected chi connectivity index (χ1v) is 8.37. The van der Waals surface area contributed by atoms with Gasteiger partial charge in [-0.05, 0) is 36.8 Å². The van der Waals surface area contributed by atoms with Crippen molar-refractivity contribution in [1.29, 1.82) is 0 Å². The summed E-state index contributed by atoms with van der Waals surface area (Å²) in [6, 6.07) is 10.7. The molecule has 25 heavy (non-hydrogen) atoms. The average Bonchev–Trinajstić information content (AvgIpc) is 3.05. The van der Waals surface area contributed by atoms with Gasteiger partial charge in [0, 0.05) is 5.69 Å². The van der Waals surface area contributed by atoms with E-state index in [2.05, 4.69) is 20.5 Å². The van der Waals surface area contributed by atoms with E-state index in [4.69, 9.17) is 0 Å². The molecule has 2 aromatic carbocycles. The van der Waals surface area contributed by atoms with Crippen molar-refractivity contribution in [3.05, 3.63) is 59.7 Å². The van der Waals surface area contributed by atoms with Crippen molar-refractivity contribution in [2.75, 3.05) is 11.1 Å². The molecule has 0 radical (unpaired) electrons. The zero-order valence-electron chi connectivity index (χ0n) is 13.2. The van der Waals surface area contributed by atoms with Gasteiger partial charge in [0.1, 0.15) is 11.6 Å². The van der Waals surface area contributed by atoms with Gasteiger partial charge in [-0.15, -0.1) is 5.10 Å². The summed E-state index contributed by atoms with van der Waals surface area (Å²) in [5, 5.41) is 9.53. The standard InChI is InChI=1S/C17H14F2N4OS/c1-10-6-7-11(8-14(10)19)20-15(24)9-25-17-21-16(22-23-17)12-4-2-3-5-13(12)18/h2-8H,9H2,1H3,(H,20,24)(H,21,22,23). The van der Waals surface area contributed by atoms with Crippen LogP contribution in [0.2, 0.25) is 0 Å². The second-order valence-electron chi connectivity index (χ2n) is 5.25. The van der Waals surface area contributed by atoms with Crippen LogP contribution in [0.4, 0.5) is 14.5 Å². The lowest BCUT2D eigenvalue weighted by molar-refractivity contribution is -0.113. The van der Waals surface area contributed by atoms with E-state index in [1.165, 1.54) is 12.1 Å². The van der Waals surface area contributed by atoms with Crippen LogP contribution in [0.25, 0.3) is 11.4 Å². The maximum atomic E-state index is 13.7. The first-order chi connectivity index (χ1) is 12.0. The summed E-state index contributed by atoms with van der Waals surface area (Å²) in [7, 11) is 0. The number of aryl methyl sites for hydroxylation is 1. The Morgan fingerprint density at radius 3 is 2.76 bits per heavy atom. The van der Waals surface area contributed by atoms with Crippen LogP contribution in [-0.4, -0.2) is 26.8 Å². The van der Waals surface area contributed by atoms with E-state index in [0.29, 0.717) is 27.8 Å². The van der Waals surface area contributed by atoms with Gasteiger partial charge in [0.15, 0.2) is 5.82 Å². The quantitative estimate of drug-likeness (QED) is 0.679. The zero-order chi connectivity index (χ0) is 17.8. The van der Waals surface area contributed by atoms with Gasteiger partial charge in [-0.2, -0.15) is 0 Å². The highest BCUT2D eigenvalue weighted by atomic mass is 32.2. The summed E-state index contributed by atoms with van der Waals surface area (Å²) < 4.78 is 27.2. The highest BCUT2D eigenvalue weighted by Crippen LogP contribution is 2.22. The van der Waals surface area contributed by atoms with Crippen LogP contribution < -0.4 is 5.32 Å². The van der Waals surface area contributed by atoms with Crippen LogP contribution in [0.3, 0.4) is 0 Å². The maximum absolute atomic E-state index is 13.7. The second-order valence-corrected chi connectivity index (χ2v) is 6.19. The van der Waals surface area contributed by atoms with Crippen LogP contribution in [0.5, 0.6) is 0 Å². The van der Waals surface area contributed by atoms with Crippen LogP contribution in [0, 0.1) is 18.6 Å². The lowest BCUT2D eigenvalue weighted by Gasteiger charge is -2.05. The second kappa shape index (κ2) is 7.43. The smallest absolute Gasteiger partial charge is 0.234 e. The summed E-state index contributed by atoms with van der Waals surface area (Å²) in [5.41, 5.74) is 1.20. The van der Waals surface area contributed by atoms with Gasteiger partial charge in [0.2, 0.25) is 11.1 Å². The van der Waals surface area contributed by atoms with E-state index in [9.17, 15) is 13.6 Å². The molecule has 0 aliphatic carbocycles. The summed E-state index contributed by atoms with van der Waals surface area (Å²) in [6.45, 7) is 1.65. The van der Waals surface area contributed by atoms with Crippen LogP contribution in [0.15, 0.2) is 47.6 Å². The fraction of sp³-hybridized carbons (Fsp3) is 0.118. The molecule has 1 heterocycles. The maximum Gasteiger partial charge on any atom is 0.234 e. The van der Waals surface area contributed by atoms with Crippen molar-refractivity contribution in [3.63, 3.8) is 0 Å². The molecule has 0 saturated carbocycles. The zero-order valence-corrected chi connectivity index (χ0v) is 14.0. The van der Waals surface area contributed by atoms with Crippen LogP contribution >= 0.6 is 11.8 Å². The lowest BCUT2D eigenvalue weighted by atomic mass is 10.2. The monoisotopic (exact) mass is 360 g/mol. The molecule has 0 unspecified atom stereocenters. The Labute approximate surface area is 146 Å². The van der Waals surface area contributed by atoms with Crippen molar-refractivity contribution >= 4 is 23.4 Å². The SMILES string of the molecule is Cc1ccc(NC(=O)CSc2n[nH]c(-c3ccccc3F)n2)cc1F. The number of carbonyl (C=O) groups is 1. The molecule has 5 nitrogen and oxygen atoms in total. The van der Waals surface area contributed by atoms with E-state index in [1.54, 1.807) is 37.3 Å². The Hall–Kier alpha value is -2.74. The number of halogens is 2. The van der Waals surface area contributed by atoms with Gasteiger partial charge in [0.05, 0.1) is 11.3 Å². The molecule has 0 aliphatic rings. The molecule has 0 fully saturated rings. The molecular formula is C17H14F2N4OS. The summed E-state index contributed by atoms with van der Waals surface area (Å²) in [4.78, 5) is 16.1. The Morgan fingerprint density at radius 1 is 1.20 bits per heavy atom. The number of anilines is 1. The molecule has 0 atom stereocenters. The molecule has 0 bridgehead atoms. The van der Waals surface area contributed by atoms with E-state index >= 15 is 0 Å². The van der Waals surface area contributed by atoms with Crippen molar-refractivity contribution in [2.45, 2.75) is 12.1 Å². The van der Waals surface area contributed by atoms with Crippen molar-refractivity contribution in [2.24, 2.45) is 0 Å². The fourth-order valence-corrected chi connectivity index (χ4v) is 2.68. The van der Waals surface area contributed by atoms with Gasteiger partial charge in [-0.1, -0.05) is 30.0 Å². The minimum Gasteiger partial charge on any atom is -0.325 e. The molecule has 8 heteroatoms. The highest BCUT2D eigenvalue weighted by Gasteiger charge is 2.12. The third-order valence-corrected chi connectivity index (χ3v) is 4.23. The molecule has 3 rings (SSSR count). The largest absolute Gasteiger partial charge is 0.325 e. The first kappa shape index (κ1) is 17.1. The molecular weight excluding hydrogens is 346 g/mol. The highest BCUT2D eigenvalue weighted by molar-refractivity contribution is 7.99. The third-order valence-electron chi connectivity index (χ3n) is 3.38. The van der Waals surface area contributed by atoms with E-state index in [-0.39, 0.29) is 17.5 Å². The number of aromatic amines is 1. The van der Waals surface area contributed by atoms with E-state index in [1.807, 2.05) is 0 Å². The number of hydrogen-bond donors (Lipinski definition) is 2. The van der Waals surface area contributed by atoms with Crippen molar-refractivity contribution in [1.82, 2.24) is 15.2 Å². The molecule has 3 aromatic rings. The predicted octanol–water partition coefficient (Wildman–Crippen LogP) is 3.79. The van der Waals surface area contributed by atoms with Crippen LogP contribution in [-0.2, 0) is 4.79 Å². The Bertz CT molecular complexity index is 913.